The Kier molecular flexibility index (Phi) is 4.93. The zero-order valence-corrected chi connectivity index (χ0v) is 16.4. The van der Waals surface area contributed by atoms with Crippen molar-refractivity contribution >= 4 is 17.5 Å². The summed E-state index contributed by atoms with van der Waals surface area (Å²) >= 11 is 0. The monoisotopic (exact) mass is 382 g/mol. The van der Waals surface area contributed by atoms with Crippen LogP contribution in [-0.4, -0.2) is 58.3 Å². The fourth-order valence-electron chi connectivity index (χ4n) is 4.12. The number of anilines is 1. The van der Waals surface area contributed by atoms with E-state index in [-0.39, 0.29) is 24.0 Å². The van der Waals surface area contributed by atoms with Crippen LogP contribution < -0.4 is 4.90 Å². The van der Waals surface area contributed by atoms with Gasteiger partial charge in [-0.1, -0.05) is 18.2 Å². The molecule has 2 amide bonds. The molecule has 0 atom stereocenters. The van der Waals surface area contributed by atoms with Crippen molar-refractivity contribution in [2.24, 2.45) is 0 Å². The maximum absolute atomic E-state index is 12.9. The molecule has 3 heterocycles. The van der Waals surface area contributed by atoms with Crippen LogP contribution in [0.25, 0.3) is 0 Å². The molecular formula is C21H26N4O3. The highest BCUT2D eigenvalue weighted by atomic mass is 16.5. The molecule has 7 heteroatoms. The number of nitrogens with zero attached hydrogens (tertiary/aromatic N) is 4. The predicted octanol–water partition coefficient (Wildman–Crippen LogP) is 2.25. The number of carbonyl (C=O) groups excluding carboxylic acids is 2. The first-order valence-corrected chi connectivity index (χ1v) is 9.84. The molecule has 2 aliphatic rings. The molecule has 2 fully saturated rings. The number of piperidine rings is 1. The van der Waals surface area contributed by atoms with Crippen molar-refractivity contribution in [3.05, 3.63) is 47.8 Å². The average molecular weight is 382 g/mol. The Labute approximate surface area is 164 Å². The third kappa shape index (κ3) is 3.30. The molecule has 1 aromatic carbocycles. The minimum atomic E-state index is -0.386. The normalized spacial score (nSPS) is 19.3. The first kappa shape index (κ1) is 18.7. The van der Waals surface area contributed by atoms with Gasteiger partial charge in [-0.15, -0.1) is 0 Å². The summed E-state index contributed by atoms with van der Waals surface area (Å²) in [5.74, 6) is 0.0109. The zero-order chi connectivity index (χ0) is 19.7. The number of rotatable bonds is 3. The molecule has 0 aliphatic carbocycles. The highest BCUT2D eigenvalue weighted by molar-refractivity contribution is 5.96. The Morgan fingerprint density at radius 1 is 1.21 bits per heavy atom. The molecule has 2 aromatic rings. The summed E-state index contributed by atoms with van der Waals surface area (Å²) in [7, 11) is 0. The molecule has 4 rings (SSSR count). The molecule has 0 N–H and O–H groups in total. The highest BCUT2D eigenvalue weighted by Gasteiger charge is 2.43. The van der Waals surface area contributed by atoms with E-state index in [1.165, 1.54) is 0 Å². The van der Waals surface area contributed by atoms with E-state index in [4.69, 9.17) is 4.74 Å². The van der Waals surface area contributed by atoms with Gasteiger partial charge in [-0.25, -0.2) is 0 Å². The number of ether oxygens (including phenoxy) is 1. The van der Waals surface area contributed by atoms with Crippen LogP contribution in [0.4, 0.5) is 5.69 Å². The fraction of sp³-hybridized carbons (Fsp3) is 0.476. The number of aromatic nitrogens is 2. The molecular weight excluding hydrogens is 356 g/mol. The minimum Gasteiger partial charge on any atom is -0.363 e. The van der Waals surface area contributed by atoms with Crippen molar-refractivity contribution in [2.45, 2.75) is 38.8 Å². The van der Waals surface area contributed by atoms with Crippen molar-refractivity contribution in [3.63, 3.8) is 0 Å². The van der Waals surface area contributed by atoms with Gasteiger partial charge in [-0.05, 0) is 38.8 Å². The largest absolute Gasteiger partial charge is 0.363 e. The Hall–Kier alpha value is -2.67. The van der Waals surface area contributed by atoms with E-state index in [1.54, 1.807) is 6.20 Å². The Balaban J connectivity index is 1.45. The third-order valence-electron chi connectivity index (χ3n) is 5.91. The summed E-state index contributed by atoms with van der Waals surface area (Å²) in [6.45, 7) is 6.55. The Morgan fingerprint density at radius 3 is 2.57 bits per heavy atom. The van der Waals surface area contributed by atoms with Gasteiger partial charge in [-0.2, -0.15) is 5.10 Å². The zero-order valence-electron chi connectivity index (χ0n) is 16.4. The topological polar surface area (TPSA) is 67.7 Å². The predicted molar refractivity (Wildman–Crippen MR) is 105 cm³/mol. The maximum Gasteiger partial charge on any atom is 0.257 e. The third-order valence-corrected chi connectivity index (χ3v) is 5.91. The number of carbonyl (C=O) groups is 2. The van der Waals surface area contributed by atoms with E-state index in [1.807, 2.05) is 58.7 Å². The van der Waals surface area contributed by atoms with Gasteiger partial charge in [0.25, 0.3) is 11.8 Å². The molecule has 0 radical (unpaired) electrons. The maximum atomic E-state index is 12.9. The van der Waals surface area contributed by atoms with Crippen molar-refractivity contribution in [1.29, 1.82) is 0 Å². The molecule has 0 bridgehead atoms. The van der Waals surface area contributed by atoms with Gasteiger partial charge in [0, 0.05) is 31.0 Å². The number of hydrogen-bond acceptors (Lipinski definition) is 4. The average Bonchev–Trinajstić information content (AvgIpc) is 3.11. The summed E-state index contributed by atoms with van der Waals surface area (Å²) in [5, 5.41) is 4.29. The van der Waals surface area contributed by atoms with Gasteiger partial charge in [0.15, 0.2) is 0 Å². The van der Waals surface area contributed by atoms with Gasteiger partial charge < -0.3 is 14.5 Å². The van der Waals surface area contributed by atoms with Gasteiger partial charge in [0.05, 0.1) is 23.9 Å². The second kappa shape index (κ2) is 7.39. The van der Waals surface area contributed by atoms with E-state index < -0.39 is 0 Å². The highest BCUT2D eigenvalue weighted by Crippen LogP contribution is 2.33. The van der Waals surface area contributed by atoms with Crippen molar-refractivity contribution in [2.75, 3.05) is 31.1 Å². The summed E-state index contributed by atoms with van der Waals surface area (Å²) in [6, 6.07) is 9.71. The Bertz CT molecular complexity index is 869. The molecule has 2 saturated heterocycles. The second-order valence-corrected chi connectivity index (χ2v) is 7.54. The van der Waals surface area contributed by atoms with Crippen LogP contribution in [0.3, 0.4) is 0 Å². The van der Waals surface area contributed by atoms with Gasteiger partial charge in [0.1, 0.15) is 6.61 Å². The van der Waals surface area contributed by atoms with E-state index in [0.29, 0.717) is 25.2 Å². The lowest BCUT2D eigenvalue weighted by Gasteiger charge is -2.47. The van der Waals surface area contributed by atoms with Crippen molar-refractivity contribution in [1.82, 2.24) is 14.7 Å². The van der Waals surface area contributed by atoms with Gasteiger partial charge >= 0.3 is 0 Å². The van der Waals surface area contributed by atoms with Crippen LogP contribution in [0, 0.1) is 6.92 Å². The van der Waals surface area contributed by atoms with E-state index in [9.17, 15) is 9.59 Å². The van der Waals surface area contributed by atoms with Crippen LogP contribution in [-0.2, 0) is 16.1 Å². The second-order valence-electron chi connectivity index (χ2n) is 7.54. The van der Waals surface area contributed by atoms with E-state index >= 15 is 0 Å². The summed E-state index contributed by atoms with van der Waals surface area (Å²) in [4.78, 5) is 29.0. The van der Waals surface area contributed by atoms with Crippen molar-refractivity contribution < 1.29 is 14.3 Å². The number of aryl methyl sites for hydroxylation is 1. The van der Waals surface area contributed by atoms with Gasteiger partial charge in [-0.3, -0.25) is 14.3 Å². The molecule has 0 unspecified atom stereocenters. The first-order valence-electron chi connectivity index (χ1n) is 9.84. The first-order chi connectivity index (χ1) is 13.5. The molecule has 148 valence electrons. The number of para-hydroxylation sites is 1. The number of hydrogen-bond donors (Lipinski definition) is 0. The van der Waals surface area contributed by atoms with Crippen LogP contribution in [0.5, 0.6) is 0 Å². The molecule has 28 heavy (non-hydrogen) atoms. The van der Waals surface area contributed by atoms with Crippen LogP contribution in [0.15, 0.2) is 36.5 Å². The summed E-state index contributed by atoms with van der Waals surface area (Å²) in [5.41, 5.74) is 2.09. The van der Waals surface area contributed by atoms with Gasteiger partial charge in [0.2, 0.25) is 0 Å². The van der Waals surface area contributed by atoms with Crippen molar-refractivity contribution in [3.8, 4) is 0 Å². The van der Waals surface area contributed by atoms with Crippen LogP contribution in [0.2, 0.25) is 0 Å². The molecule has 1 aromatic heterocycles. The molecule has 2 aliphatic heterocycles. The summed E-state index contributed by atoms with van der Waals surface area (Å²) < 4.78 is 7.84. The fourth-order valence-corrected chi connectivity index (χ4v) is 4.12. The minimum absolute atomic E-state index is 0.0158. The van der Waals surface area contributed by atoms with Crippen LogP contribution >= 0.6 is 0 Å². The number of benzene rings is 1. The molecule has 7 nitrogen and oxygen atoms in total. The lowest BCUT2D eigenvalue weighted by molar-refractivity contribution is -0.143. The number of likely N-dealkylation sites (tertiary alicyclic amines) is 1. The van der Waals surface area contributed by atoms with Crippen LogP contribution in [0.1, 0.15) is 35.8 Å². The van der Waals surface area contributed by atoms with E-state index in [0.717, 1.165) is 30.8 Å². The molecule has 0 saturated carbocycles. The SMILES string of the molecule is CCn1ncc(C(=O)N2CCC3(CC2)CN(c2ccccc2)C(=O)CO3)c1C. The lowest BCUT2D eigenvalue weighted by atomic mass is 9.88. The molecule has 1 spiro atoms. The summed E-state index contributed by atoms with van der Waals surface area (Å²) in [6.07, 6.45) is 3.10. The quantitative estimate of drug-likeness (QED) is 0.817. The number of morpholine rings is 1. The number of amides is 2. The smallest absolute Gasteiger partial charge is 0.257 e. The Morgan fingerprint density at radius 2 is 1.93 bits per heavy atom. The van der Waals surface area contributed by atoms with E-state index in [2.05, 4.69) is 5.10 Å². The standard InChI is InChI=1S/C21H26N4O3/c1-3-25-16(2)18(13-22-25)20(27)23-11-9-21(10-12-23)15-24(19(26)14-28-21)17-7-5-4-6-8-17/h4-8,13H,3,9-12,14-15H2,1-2H3. The lowest BCUT2D eigenvalue weighted by Crippen LogP contribution is -2.59.